The number of esters is 4. The molecule has 2 saturated carbocycles. The van der Waals surface area contributed by atoms with Gasteiger partial charge >= 0.3 is 23.9 Å². The number of amides is 1. The van der Waals surface area contributed by atoms with Crippen LogP contribution in [-0.4, -0.2) is 105 Å². The van der Waals surface area contributed by atoms with Crippen LogP contribution in [0.4, 0.5) is 0 Å². The van der Waals surface area contributed by atoms with Crippen molar-refractivity contribution >= 4 is 35.6 Å². The zero-order valence-electron chi connectivity index (χ0n) is 35.0. The Balaban J connectivity index is 1.54. The van der Waals surface area contributed by atoms with Crippen LogP contribution in [0.1, 0.15) is 103 Å². The van der Waals surface area contributed by atoms with Crippen LogP contribution in [0.5, 0.6) is 0 Å². The third-order valence-corrected chi connectivity index (χ3v) is 13.2. The number of hydrogen-bond donors (Lipinski definition) is 4. The Morgan fingerprint density at radius 2 is 1.57 bits per heavy atom. The molecule has 2 aromatic carbocycles. The summed E-state index contributed by atoms with van der Waals surface area (Å²) in [4.78, 5) is 82.7. The molecule has 1 aliphatic heterocycles. The van der Waals surface area contributed by atoms with E-state index in [0.29, 0.717) is 12.0 Å². The average molecular weight is 834 g/mol. The second-order valence-electron chi connectivity index (χ2n) is 17.2. The zero-order valence-corrected chi connectivity index (χ0v) is 35.0. The van der Waals surface area contributed by atoms with E-state index in [1.165, 1.54) is 26.0 Å². The smallest absolute Gasteiger partial charge is 0.338 e. The number of fused-ring (bicyclic) bond motifs is 5. The molecule has 11 atom stereocenters. The molecule has 4 N–H and O–H groups in total. The zero-order chi connectivity index (χ0) is 43.9. The summed E-state index contributed by atoms with van der Waals surface area (Å²) in [5.41, 5.74) is -7.13. The molecule has 324 valence electrons. The number of ether oxygens (including phenoxy) is 5. The summed E-state index contributed by atoms with van der Waals surface area (Å²) in [6.45, 7) is 9.94. The Kier molecular flexibility index (Phi) is 12.5. The van der Waals surface area contributed by atoms with Crippen molar-refractivity contribution < 1.29 is 67.8 Å². The fourth-order valence-corrected chi connectivity index (χ4v) is 9.95. The van der Waals surface area contributed by atoms with Gasteiger partial charge in [-0.1, -0.05) is 75.7 Å². The fraction of sp³-hybridized carbons (Fsp3) is 0.556. The minimum absolute atomic E-state index is 0.0115. The molecule has 3 aliphatic carbocycles. The molecule has 1 saturated heterocycles. The van der Waals surface area contributed by atoms with Gasteiger partial charge in [0.05, 0.1) is 35.6 Å². The SMILES string of the molecule is CCCCC(=O)NC(c1ccccc1)C(O)C(=O)OC1CC2(O)C(OC(=O)c3ccccc3)C3C4(OC(C)=O)COC4CC(O)C3(C)C(=O)C(OC(C)=O)C(=C1C)C2(C)C. The molecule has 0 aromatic heterocycles. The molecule has 11 unspecified atom stereocenters. The third kappa shape index (κ3) is 7.54. The van der Waals surface area contributed by atoms with Crippen LogP contribution < -0.4 is 5.32 Å². The number of Topliss-reactive ketones (excluding diaryl/α,β-unsaturated/α-hetero) is 1. The molecule has 6 rings (SSSR count). The van der Waals surface area contributed by atoms with Crippen LogP contribution in [0.2, 0.25) is 0 Å². The van der Waals surface area contributed by atoms with Gasteiger partial charge in [0.1, 0.15) is 23.9 Å². The number of hydrogen-bond acceptors (Lipinski definition) is 14. The molecule has 60 heavy (non-hydrogen) atoms. The molecule has 1 heterocycles. The molecule has 2 aromatic rings. The molecule has 2 bridgehead atoms. The lowest BCUT2D eigenvalue weighted by atomic mass is 9.44. The number of aliphatic hydroxyl groups is 3. The van der Waals surface area contributed by atoms with Gasteiger partial charge < -0.3 is 44.3 Å². The monoisotopic (exact) mass is 833 g/mol. The highest BCUT2D eigenvalue weighted by atomic mass is 16.6. The maximum absolute atomic E-state index is 15.4. The molecule has 1 amide bonds. The number of rotatable bonds is 12. The Bertz CT molecular complexity index is 2030. The van der Waals surface area contributed by atoms with E-state index in [9.17, 15) is 39.3 Å². The highest BCUT2D eigenvalue weighted by Gasteiger charge is 2.78. The maximum Gasteiger partial charge on any atom is 0.338 e. The van der Waals surface area contributed by atoms with Crippen LogP contribution in [0.25, 0.3) is 0 Å². The molecule has 3 fully saturated rings. The van der Waals surface area contributed by atoms with Gasteiger partial charge in [0, 0.05) is 38.5 Å². The number of unbranched alkanes of at least 4 members (excludes halogenated alkanes) is 1. The molecular weight excluding hydrogens is 778 g/mol. The molecular formula is C45H55NO14. The number of nitrogens with one attached hydrogen (secondary N) is 1. The van der Waals surface area contributed by atoms with Crippen LogP contribution in [0, 0.1) is 16.7 Å². The van der Waals surface area contributed by atoms with Crippen LogP contribution in [0.15, 0.2) is 71.8 Å². The van der Waals surface area contributed by atoms with Crippen molar-refractivity contribution in [3.05, 3.63) is 82.9 Å². The van der Waals surface area contributed by atoms with E-state index in [1.807, 2.05) is 6.92 Å². The minimum atomic E-state index is -2.37. The Labute approximate surface area is 348 Å². The van der Waals surface area contributed by atoms with Crippen molar-refractivity contribution in [1.82, 2.24) is 5.32 Å². The van der Waals surface area contributed by atoms with Gasteiger partial charge in [-0.2, -0.15) is 0 Å². The second-order valence-corrected chi connectivity index (χ2v) is 17.2. The number of ketones is 1. The van der Waals surface area contributed by atoms with E-state index < -0.39 is 113 Å². The first-order valence-corrected chi connectivity index (χ1v) is 20.4. The van der Waals surface area contributed by atoms with Crippen molar-refractivity contribution in [3.8, 4) is 0 Å². The number of carbonyl (C=O) groups excluding carboxylic acids is 6. The first kappa shape index (κ1) is 44.6. The summed E-state index contributed by atoms with van der Waals surface area (Å²) in [6.07, 6.45) is -8.90. The molecule has 0 radical (unpaired) electrons. The summed E-state index contributed by atoms with van der Waals surface area (Å²) in [6, 6.07) is 15.0. The van der Waals surface area contributed by atoms with Gasteiger partial charge in [-0.15, -0.1) is 0 Å². The second kappa shape index (κ2) is 16.8. The lowest BCUT2D eigenvalue weighted by Gasteiger charge is -2.67. The van der Waals surface area contributed by atoms with Crippen molar-refractivity contribution in [2.24, 2.45) is 16.7 Å². The van der Waals surface area contributed by atoms with E-state index in [1.54, 1.807) is 62.4 Å². The number of carbonyl (C=O) groups is 6. The number of aliphatic hydroxyl groups excluding tert-OH is 2. The van der Waals surface area contributed by atoms with Gasteiger partial charge in [-0.3, -0.25) is 19.2 Å². The van der Waals surface area contributed by atoms with Crippen LogP contribution in [0.3, 0.4) is 0 Å². The van der Waals surface area contributed by atoms with Crippen molar-refractivity contribution in [2.75, 3.05) is 6.61 Å². The summed E-state index contributed by atoms with van der Waals surface area (Å²) < 4.78 is 30.2. The van der Waals surface area contributed by atoms with E-state index in [4.69, 9.17) is 23.7 Å². The molecule has 15 nitrogen and oxygen atoms in total. The van der Waals surface area contributed by atoms with E-state index in [2.05, 4.69) is 5.32 Å². The van der Waals surface area contributed by atoms with E-state index in [0.717, 1.165) is 20.3 Å². The largest absolute Gasteiger partial charge is 0.456 e. The van der Waals surface area contributed by atoms with Gasteiger partial charge in [-0.25, -0.2) is 9.59 Å². The summed E-state index contributed by atoms with van der Waals surface area (Å²) in [5, 5.41) is 40.1. The quantitative estimate of drug-likeness (QED) is 0.136. The molecule has 4 aliphatic rings. The normalized spacial score (nSPS) is 32.6. The highest BCUT2D eigenvalue weighted by Crippen LogP contribution is 2.64. The molecule has 0 spiro atoms. The minimum Gasteiger partial charge on any atom is -0.456 e. The van der Waals surface area contributed by atoms with Gasteiger partial charge in [0.25, 0.3) is 0 Å². The van der Waals surface area contributed by atoms with Gasteiger partial charge in [0.2, 0.25) is 5.91 Å². The Morgan fingerprint density at radius 3 is 2.13 bits per heavy atom. The summed E-state index contributed by atoms with van der Waals surface area (Å²) in [7, 11) is 0. The van der Waals surface area contributed by atoms with Gasteiger partial charge in [-0.05, 0) is 49.1 Å². The van der Waals surface area contributed by atoms with Crippen LogP contribution in [-0.2, 0) is 47.7 Å². The van der Waals surface area contributed by atoms with Crippen molar-refractivity contribution in [1.29, 1.82) is 0 Å². The maximum atomic E-state index is 15.4. The first-order chi connectivity index (χ1) is 28.2. The standard InChI is InChI=1S/C45H55NO14/c1-8-9-20-32(50)46-34(27-16-12-10-13-17-27)35(51)41(54)58-29-22-45(55)39(59-40(53)28-18-14-11-15-19-28)37-43(7,30(49)21-31-44(37,23-56-31)60-26(4)48)38(52)36(57-25(3)47)33(24(29)2)42(45,5)6/h10-19,29-31,34-37,39,49,51,55H,8-9,20-23H2,1-7H3,(H,46,50). The van der Waals surface area contributed by atoms with E-state index in [-0.39, 0.29) is 36.2 Å². The average Bonchev–Trinajstić information content (AvgIpc) is 3.20. The number of benzene rings is 2. The van der Waals surface area contributed by atoms with Gasteiger partial charge in [0.15, 0.2) is 23.6 Å². The Morgan fingerprint density at radius 1 is 0.933 bits per heavy atom. The Hall–Kier alpha value is -4.96. The lowest BCUT2D eigenvalue weighted by molar-refractivity contribution is -0.346. The van der Waals surface area contributed by atoms with E-state index >= 15 is 4.79 Å². The highest BCUT2D eigenvalue weighted by molar-refractivity contribution is 5.95. The topological polar surface area (TPSA) is 221 Å². The summed E-state index contributed by atoms with van der Waals surface area (Å²) >= 11 is 0. The third-order valence-electron chi connectivity index (χ3n) is 13.2. The first-order valence-electron chi connectivity index (χ1n) is 20.4. The van der Waals surface area contributed by atoms with Crippen molar-refractivity contribution in [2.45, 2.75) is 134 Å². The fourth-order valence-electron chi connectivity index (χ4n) is 9.95. The predicted molar refractivity (Wildman–Crippen MR) is 211 cm³/mol. The summed E-state index contributed by atoms with van der Waals surface area (Å²) in [5.74, 6) is -6.57. The van der Waals surface area contributed by atoms with Crippen molar-refractivity contribution in [3.63, 3.8) is 0 Å². The predicted octanol–water partition coefficient (Wildman–Crippen LogP) is 3.61. The van der Waals surface area contributed by atoms with Crippen LogP contribution >= 0.6 is 0 Å². The molecule has 15 heteroatoms. The lowest BCUT2D eigenvalue weighted by Crippen LogP contribution is -2.82.